The first kappa shape index (κ1) is 13.9. The summed E-state index contributed by atoms with van der Waals surface area (Å²) in [6.45, 7) is 6.96. The fourth-order valence-electron chi connectivity index (χ4n) is 1.20. The van der Waals surface area contributed by atoms with Gasteiger partial charge in [-0.1, -0.05) is 26.7 Å². The van der Waals surface area contributed by atoms with Crippen LogP contribution in [0.3, 0.4) is 0 Å². The van der Waals surface area contributed by atoms with Crippen LogP contribution in [-0.2, 0) is 9.47 Å². The molecule has 1 atom stereocenters. The zero-order chi connectivity index (χ0) is 10.6. The molecule has 0 radical (unpaired) electrons. The highest BCUT2D eigenvalue weighted by molar-refractivity contribution is 4.50. The second-order valence-corrected chi connectivity index (χ2v) is 3.66. The highest BCUT2D eigenvalue weighted by atomic mass is 16.5. The smallest absolute Gasteiger partial charge is 0.0701 e. The Labute approximate surface area is 87.4 Å². The van der Waals surface area contributed by atoms with E-state index in [1.54, 1.807) is 0 Å². The number of ether oxygens (including phenoxy) is 2. The van der Waals surface area contributed by atoms with E-state index >= 15 is 0 Å². The minimum Gasteiger partial charge on any atom is -0.394 e. The van der Waals surface area contributed by atoms with Gasteiger partial charge in [-0.25, -0.2) is 0 Å². The van der Waals surface area contributed by atoms with E-state index < -0.39 is 0 Å². The Hall–Kier alpha value is -0.120. The van der Waals surface area contributed by atoms with E-state index in [0.717, 1.165) is 6.61 Å². The Morgan fingerprint density at radius 1 is 1.14 bits per heavy atom. The molecule has 0 aromatic rings. The summed E-state index contributed by atoms with van der Waals surface area (Å²) in [7, 11) is 0. The van der Waals surface area contributed by atoms with Gasteiger partial charge in [-0.15, -0.1) is 0 Å². The fourth-order valence-corrected chi connectivity index (χ4v) is 1.20. The quantitative estimate of drug-likeness (QED) is 0.552. The van der Waals surface area contributed by atoms with Crippen molar-refractivity contribution in [3.63, 3.8) is 0 Å². The summed E-state index contributed by atoms with van der Waals surface area (Å²) in [5.41, 5.74) is 0. The lowest BCUT2D eigenvalue weighted by Gasteiger charge is -2.11. The van der Waals surface area contributed by atoms with Gasteiger partial charge in [0.2, 0.25) is 0 Å². The van der Waals surface area contributed by atoms with Crippen LogP contribution in [0.15, 0.2) is 0 Å². The largest absolute Gasteiger partial charge is 0.394 e. The van der Waals surface area contributed by atoms with Crippen LogP contribution in [0.4, 0.5) is 0 Å². The van der Waals surface area contributed by atoms with Gasteiger partial charge in [-0.3, -0.25) is 0 Å². The van der Waals surface area contributed by atoms with E-state index in [0.29, 0.717) is 25.7 Å². The molecule has 1 N–H and O–H groups in total. The predicted molar refractivity (Wildman–Crippen MR) is 57.4 cm³/mol. The fraction of sp³-hybridized carbons (Fsp3) is 1.00. The topological polar surface area (TPSA) is 38.7 Å². The van der Waals surface area contributed by atoms with Gasteiger partial charge in [-0.2, -0.15) is 0 Å². The van der Waals surface area contributed by atoms with E-state index in [2.05, 4.69) is 13.8 Å². The molecule has 0 fully saturated rings. The Morgan fingerprint density at radius 2 is 1.86 bits per heavy atom. The van der Waals surface area contributed by atoms with Gasteiger partial charge in [0.1, 0.15) is 0 Å². The molecule has 0 aliphatic heterocycles. The maximum Gasteiger partial charge on any atom is 0.0701 e. The number of rotatable bonds is 10. The number of aliphatic hydroxyl groups excluding tert-OH is 1. The van der Waals surface area contributed by atoms with Crippen molar-refractivity contribution in [2.75, 3.05) is 33.0 Å². The van der Waals surface area contributed by atoms with E-state index in [1.807, 2.05) is 0 Å². The zero-order valence-corrected chi connectivity index (χ0v) is 9.50. The van der Waals surface area contributed by atoms with Gasteiger partial charge in [0.25, 0.3) is 0 Å². The third-order valence-electron chi connectivity index (χ3n) is 2.06. The molecule has 0 amide bonds. The third-order valence-corrected chi connectivity index (χ3v) is 2.06. The van der Waals surface area contributed by atoms with E-state index in [-0.39, 0.29) is 6.61 Å². The van der Waals surface area contributed by atoms with Crippen LogP contribution in [0.1, 0.15) is 33.1 Å². The summed E-state index contributed by atoms with van der Waals surface area (Å²) in [6, 6.07) is 0. The molecule has 0 aromatic carbocycles. The molecule has 3 heteroatoms. The van der Waals surface area contributed by atoms with Gasteiger partial charge < -0.3 is 14.6 Å². The Morgan fingerprint density at radius 3 is 2.50 bits per heavy atom. The molecule has 0 spiro atoms. The van der Waals surface area contributed by atoms with Crippen LogP contribution in [0.5, 0.6) is 0 Å². The normalized spacial score (nSPS) is 13.1. The predicted octanol–water partition coefficient (Wildman–Crippen LogP) is 1.84. The maximum atomic E-state index is 8.44. The van der Waals surface area contributed by atoms with Crippen molar-refractivity contribution < 1.29 is 14.6 Å². The lowest BCUT2D eigenvalue weighted by atomic mass is 10.1. The van der Waals surface area contributed by atoms with Crippen LogP contribution < -0.4 is 0 Å². The molecule has 1 unspecified atom stereocenters. The first-order chi connectivity index (χ1) is 6.81. The minimum absolute atomic E-state index is 0.0902. The van der Waals surface area contributed by atoms with Crippen LogP contribution >= 0.6 is 0 Å². The summed E-state index contributed by atoms with van der Waals surface area (Å²) in [4.78, 5) is 0. The molecule has 86 valence electrons. The molecule has 0 aliphatic rings. The summed E-state index contributed by atoms with van der Waals surface area (Å²) in [5.74, 6) is 0.646. The molecule has 0 bridgehead atoms. The maximum absolute atomic E-state index is 8.44. The molecular formula is C11H24O3. The number of aliphatic hydroxyl groups is 1. The standard InChI is InChI=1S/C11H24O3/c1-3-4-5-11(2)10-14-9-8-13-7-6-12/h11-12H,3-10H2,1-2H3. The highest BCUT2D eigenvalue weighted by Gasteiger charge is 2.00. The first-order valence-corrected chi connectivity index (χ1v) is 5.57. The van der Waals surface area contributed by atoms with Crippen LogP contribution in [-0.4, -0.2) is 38.1 Å². The van der Waals surface area contributed by atoms with Crippen LogP contribution in [0, 0.1) is 5.92 Å². The summed E-state index contributed by atoms with van der Waals surface area (Å²) < 4.78 is 10.5. The highest BCUT2D eigenvalue weighted by Crippen LogP contribution is 2.07. The van der Waals surface area contributed by atoms with Crippen molar-refractivity contribution in [2.45, 2.75) is 33.1 Å². The van der Waals surface area contributed by atoms with E-state index in [4.69, 9.17) is 14.6 Å². The first-order valence-electron chi connectivity index (χ1n) is 5.57. The van der Waals surface area contributed by atoms with Crippen LogP contribution in [0.25, 0.3) is 0 Å². The molecule has 3 nitrogen and oxygen atoms in total. The second-order valence-electron chi connectivity index (χ2n) is 3.66. The second kappa shape index (κ2) is 11.0. The molecule has 0 heterocycles. The van der Waals surface area contributed by atoms with Crippen LogP contribution in [0.2, 0.25) is 0 Å². The average Bonchev–Trinajstić information content (AvgIpc) is 2.20. The van der Waals surface area contributed by atoms with Crippen molar-refractivity contribution in [3.8, 4) is 0 Å². The van der Waals surface area contributed by atoms with Crippen molar-refractivity contribution in [2.24, 2.45) is 5.92 Å². The number of unbranched alkanes of at least 4 members (excludes halogenated alkanes) is 1. The zero-order valence-electron chi connectivity index (χ0n) is 9.50. The van der Waals surface area contributed by atoms with Crippen molar-refractivity contribution in [1.29, 1.82) is 0 Å². The SMILES string of the molecule is CCCCC(C)COCCOCCO. The monoisotopic (exact) mass is 204 g/mol. The third kappa shape index (κ3) is 9.96. The lowest BCUT2D eigenvalue weighted by Crippen LogP contribution is -2.11. The van der Waals surface area contributed by atoms with E-state index in [1.165, 1.54) is 19.3 Å². The van der Waals surface area contributed by atoms with Gasteiger partial charge in [0.15, 0.2) is 0 Å². The van der Waals surface area contributed by atoms with Crippen molar-refractivity contribution >= 4 is 0 Å². The molecular weight excluding hydrogens is 180 g/mol. The number of hydrogen-bond donors (Lipinski definition) is 1. The van der Waals surface area contributed by atoms with Gasteiger partial charge in [-0.05, 0) is 12.3 Å². The molecule has 0 rings (SSSR count). The van der Waals surface area contributed by atoms with Gasteiger partial charge in [0, 0.05) is 6.61 Å². The minimum atomic E-state index is 0.0902. The molecule has 0 saturated carbocycles. The molecule has 0 saturated heterocycles. The lowest BCUT2D eigenvalue weighted by molar-refractivity contribution is 0.0228. The Kier molecular flexibility index (Phi) is 10.9. The Bertz CT molecular complexity index is 107. The molecule has 0 aliphatic carbocycles. The Balaban J connectivity index is 3.02. The average molecular weight is 204 g/mol. The van der Waals surface area contributed by atoms with Gasteiger partial charge >= 0.3 is 0 Å². The summed E-state index contributed by atoms with van der Waals surface area (Å²) in [5, 5.41) is 8.44. The van der Waals surface area contributed by atoms with E-state index in [9.17, 15) is 0 Å². The summed E-state index contributed by atoms with van der Waals surface area (Å²) >= 11 is 0. The number of hydrogen-bond acceptors (Lipinski definition) is 3. The molecule has 0 aromatic heterocycles. The molecule has 14 heavy (non-hydrogen) atoms. The summed E-state index contributed by atoms with van der Waals surface area (Å²) in [6.07, 6.45) is 3.78. The van der Waals surface area contributed by atoms with Crippen molar-refractivity contribution in [1.82, 2.24) is 0 Å². The van der Waals surface area contributed by atoms with Gasteiger partial charge in [0.05, 0.1) is 26.4 Å². The van der Waals surface area contributed by atoms with Crippen molar-refractivity contribution in [3.05, 3.63) is 0 Å².